The molecular weight excluding hydrogens is 240 g/mol. The van der Waals surface area contributed by atoms with Gasteiger partial charge in [0.1, 0.15) is 0 Å². The highest BCUT2D eigenvalue weighted by Crippen LogP contribution is 2.17. The van der Waals surface area contributed by atoms with E-state index in [0.717, 1.165) is 39.5 Å². The maximum atomic E-state index is 5.61. The molecule has 19 heavy (non-hydrogen) atoms. The summed E-state index contributed by atoms with van der Waals surface area (Å²) < 4.78 is 11.1. The zero-order chi connectivity index (χ0) is 14.1. The summed E-state index contributed by atoms with van der Waals surface area (Å²) in [5, 5.41) is 3.68. The van der Waals surface area contributed by atoms with Crippen LogP contribution in [0, 0.1) is 5.92 Å². The van der Waals surface area contributed by atoms with Crippen LogP contribution in [0.15, 0.2) is 0 Å². The third-order valence-corrected chi connectivity index (χ3v) is 3.62. The molecule has 4 heteroatoms. The molecule has 2 unspecified atom stereocenters. The Hall–Kier alpha value is -0.160. The molecule has 1 aliphatic rings. The lowest BCUT2D eigenvalue weighted by atomic mass is 9.98. The molecule has 0 spiro atoms. The van der Waals surface area contributed by atoms with Gasteiger partial charge in [-0.25, -0.2) is 0 Å². The summed E-state index contributed by atoms with van der Waals surface area (Å²) >= 11 is 0. The Labute approximate surface area is 118 Å². The minimum absolute atomic E-state index is 0.325. The van der Waals surface area contributed by atoms with Crippen LogP contribution in [0.1, 0.15) is 33.6 Å². The number of rotatable bonds is 10. The highest BCUT2D eigenvalue weighted by atomic mass is 16.5. The highest BCUT2D eigenvalue weighted by molar-refractivity contribution is 4.81. The van der Waals surface area contributed by atoms with Gasteiger partial charge in [0.2, 0.25) is 0 Å². The van der Waals surface area contributed by atoms with Gasteiger partial charge in [-0.1, -0.05) is 6.92 Å². The average molecular weight is 272 g/mol. The lowest BCUT2D eigenvalue weighted by Gasteiger charge is -2.29. The SMILES string of the molecule is CCCNC(CN(C)CCOC(C)C)C1CCOC1. The molecule has 0 aromatic rings. The Kier molecular flexibility index (Phi) is 8.62. The van der Waals surface area contributed by atoms with Crippen LogP contribution in [-0.4, -0.2) is 63.5 Å². The lowest BCUT2D eigenvalue weighted by molar-refractivity contribution is 0.0604. The van der Waals surface area contributed by atoms with Crippen molar-refractivity contribution in [3.8, 4) is 0 Å². The molecule has 114 valence electrons. The van der Waals surface area contributed by atoms with E-state index < -0.39 is 0 Å². The van der Waals surface area contributed by atoms with Crippen molar-refractivity contribution in [3.63, 3.8) is 0 Å². The van der Waals surface area contributed by atoms with Crippen LogP contribution < -0.4 is 5.32 Å². The van der Waals surface area contributed by atoms with Crippen molar-refractivity contribution < 1.29 is 9.47 Å². The van der Waals surface area contributed by atoms with E-state index in [-0.39, 0.29) is 0 Å². The van der Waals surface area contributed by atoms with Gasteiger partial charge in [0.05, 0.1) is 19.3 Å². The Morgan fingerprint density at radius 3 is 2.79 bits per heavy atom. The molecule has 1 fully saturated rings. The molecule has 0 aliphatic carbocycles. The molecule has 0 radical (unpaired) electrons. The van der Waals surface area contributed by atoms with Crippen molar-refractivity contribution in [1.82, 2.24) is 10.2 Å². The van der Waals surface area contributed by atoms with Crippen LogP contribution in [0.2, 0.25) is 0 Å². The summed E-state index contributed by atoms with van der Waals surface area (Å²) in [5.41, 5.74) is 0. The number of nitrogens with one attached hydrogen (secondary N) is 1. The van der Waals surface area contributed by atoms with Crippen LogP contribution in [0.4, 0.5) is 0 Å². The Morgan fingerprint density at radius 1 is 1.42 bits per heavy atom. The average Bonchev–Trinajstić information content (AvgIpc) is 2.87. The molecule has 1 aliphatic heterocycles. The van der Waals surface area contributed by atoms with E-state index in [1.165, 1.54) is 12.8 Å². The van der Waals surface area contributed by atoms with Crippen LogP contribution >= 0.6 is 0 Å². The van der Waals surface area contributed by atoms with E-state index in [1.807, 2.05) is 0 Å². The molecule has 1 heterocycles. The van der Waals surface area contributed by atoms with E-state index in [1.54, 1.807) is 0 Å². The quantitative estimate of drug-likeness (QED) is 0.657. The minimum Gasteiger partial charge on any atom is -0.381 e. The molecule has 0 aromatic carbocycles. The third kappa shape index (κ3) is 7.25. The second-order valence-electron chi connectivity index (χ2n) is 5.87. The van der Waals surface area contributed by atoms with Crippen LogP contribution in [-0.2, 0) is 9.47 Å². The van der Waals surface area contributed by atoms with E-state index in [2.05, 4.69) is 38.0 Å². The first-order chi connectivity index (χ1) is 9.13. The molecular formula is C15H32N2O2. The first kappa shape index (κ1) is 16.9. The van der Waals surface area contributed by atoms with Crippen LogP contribution in [0.3, 0.4) is 0 Å². The monoisotopic (exact) mass is 272 g/mol. The van der Waals surface area contributed by atoms with Crippen molar-refractivity contribution in [1.29, 1.82) is 0 Å². The highest BCUT2D eigenvalue weighted by Gasteiger charge is 2.26. The van der Waals surface area contributed by atoms with E-state index >= 15 is 0 Å². The van der Waals surface area contributed by atoms with Gasteiger partial charge in [0.25, 0.3) is 0 Å². The van der Waals surface area contributed by atoms with Crippen LogP contribution in [0.5, 0.6) is 0 Å². The van der Waals surface area contributed by atoms with Gasteiger partial charge >= 0.3 is 0 Å². The predicted octanol–water partition coefficient (Wildman–Crippen LogP) is 1.75. The van der Waals surface area contributed by atoms with Gasteiger partial charge < -0.3 is 19.7 Å². The fraction of sp³-hybridized carbons (Fsp3) is 1.00. The topological polar surface area (TPSA) is 33.7 Å². The first-order valence-electron chi connectivity index (χ1n) is 7.74. The van der Waals surface area contributed by atoms with E-state index in [0.29, 0.717) is 18.1 Å². The predicted molar refractivity (Wildman–Crippen MR) is 79.6 cm³/mol. The molecule has 0 aromatic heterocycles. The van der Waals surface area contributed by atoms with E-state index in [4.69, 9.17) is 9.47 Å². The third-order valence-electron chi connectivity index (χ3n) is 3.62. The smallest absolute Gasteiger partial charge is 0.0596 e. The van der Waals surface area contributed by atoms with Gasteiger partial charge in [0.15, 0.2) is 0 Å². The minimum atomic E-state index is 0.325. The summed E-state index contributed by atoms with van der Waals surface area (Å²) in [4.78, 5) is 2.37. The summed E-state index contributed by atoms with van der Waals surface area (Å²) in [6.07, 6.45) is 2.70. The van der Waals surface area contributed by atoms with Crippen molar-refractivity contribution in [2.24, 2.45) is 5.92 Å². The van der Waals surface area contributed by atoms with Gasteiger partial charge in [-0.2, -0.15) is 0 Å². The zero-order valence-electron chi connectivity index (χ0n) is 13.2. The molecule has 1 N–H and O–H groups in total. The lowest BCUT2D eigenvalue weighted by Crippen LogP contribution is -2.46. The number of hydrogen-bond donors (Lipinski definition) is 1. The van der Waals surface area contributed by atoms with Crippen LogP contribution in [0.25, 0.3) is 0 Å². The van der Waals surface area contributed by atoms with Crippen molar-refractivity contribution in [3.05, 3.63) is 0 Å². The summed E-state index contributed by atoms with van der Waals surface area (Å²) in [7, 11) is 2.18. The Morgan fingerprint density at radius 2 is 2.21 bits per heavy atom. The van der Waals surface area contributed by atoms with E-state index in [9.17, 15) is 0 Å². The number of likely N-dealkylation sites (N-methyl/N-ethyl adjacent to an activating group) is 1. The molecule has 2 atom stereocenters. The molecule has 1 rings (SSSR count). The van der Waals surface area contributed by atoms with Crippen molar-refractivity contribution in [2.75, 3.05) is 46.5 Å². The zero-order valence-corrected chi connectivity index (χ0v) is 13.2. The molecule has 1 saturated heterocycles. The molecule has 0 amide bonds. The van der Waals surface area contributed by atoms with Gasteiger partial charge in [-0.3, -0.25) is 0 Å². The summed E-state index contributed by atoms with van der Waals surface area (Å²) in [5.74, 6) is 0.667. The molecule has 4 nitrogen and oxygen atoms in total. The maximum Gasteiger partial charge on any atom is 0.0596 e. The normalized spacial score (nSPS) is 21.5. The fourth-order valence-electron chi connectivity index (χ4n) is 2.45. The molecule has 0 bridgehead atoms. The summed E-state index contributed by atoms with van der Waals surface area (Å²) in [6.45, 7) is 12.2. The summed E-state index contributed by atoms with van der Waals surface area (Å²) in [6, 6.07) is 0.548. The largest absolute Gasteiger partial charge is 0.381 e. The number of nitrogens with zero attached hydrogens (tertiary/aromatic N) is 1. The number of ether oxygens (including phenoxy) is 2. The standard InChI is InChI=1S/C15H32N2O2/c1-5-7-16-15(14-6-9-18-12-14)11-17(4)8-10-19-13(2)3/h13-16H,5-12H2,1-4H3. The maximum absolute atomic E-state index is 5.61. The Balaban J connectivity index is 2.29. The van der Waals surface area contributed by atoms with Gasteiger partial charge in [-0.15, -0.1) is 0 Å². The van der Waals surface area contributed by atoms with Crippen molar-refractivity contribution >= 4 is 0 Å². The Bertz CT molecular complexity index is 218. The van der Waals surface area contributed by atoms with Gasteiger partial charge in [-0.05, 0) is 40.3 Å². The fourth-order valence-corrected chi connectivity index (χ4v) is 2.45. The van der Waals surface area contributed by atoms with Gasteiger partial charge in [0, 0.05) is 31.7 Å². The second kappa shape index (κ2) is 9.70. The first-order valence-corrected chi connectivity index (χ1v) is 7.74. The second-order valence-corrected chi connectivity index (χ2v) is 5.87. The molecule has 0 saturated carbocycles. The number of hydrogen-bond acceptors (Lipinski definition) is 4. The van der Waals surface area contributed by atoms with Crippen molar-refractivity contribution in [2.45, 2.75) is 45.8 Å².